The molecule has 0 spiro atoms. The first-order chi connectivity index (χ1) is 8.04. The number of benzene rings is 1. The summed E-state index contributed by atoms with van der Waals surface area (Å²) in [6.45, 7) is 1.41. The highest BCUT2D eigenvalue weighted by Crippen LogP contribution is 2.38. The Bertz CT molecular complexity index is 386. The molecule has 1 atom stereocenters. The van der Waals surface area contributed by atoms with Crippen LogP contribution in [0.25, 0.3) is 0 Å². The Balaban J connectivity index is 3.32. The van der Waals surface area contributed by atoms with Gasteiger partial charge in [0.05, 0.1) is 21.3 Å². The van der Waals surface area contributed by atoms with Gasteiger partial charge in [0.1, 0.15) is 6.10 Å². The second-order valence-electron chi connectivity index (χ2n) is 3.45. The molecule has 0 aliphatic heterocycles. The molecule has 1 aromatic carbocycles. The van der Waals surface area contributed by atoms with Crippen LogP contribution in [0.4, 0.5) is 0 Å². The van der Waals surface area contributed by atoms with E-state index in [9.17, 15) is 9.90 Å². The zero-order chi connectivity index (χ0) is 13.0. The number of methoxy groups -OCH3 is 3. The third-order valence-electron chi connectivity index (χ3n) is 2.33. The van der Waals surface area contributed by atoms with Crippen molar-refractivity contribution in [3.05, 3.63) is 17.7 Å². The number of carbonyl (C=O) groups excluding carboxylic acids is 1. The molecule has 17 heavy (non-hydrogen) atoms. The first kappa shape index (κ1) is 13.3. The number of hydrogen-bond donors (Lipinski definition) is 1. The van der Waals surface area contributed by atoms with Crippen LogP contribution in [0.2, 0.25) is 0 Å². The maximum absolute atomic E-state index is 11.7. The fourth-order valence-corrected chi connectivity index (χ4v) is 1.46. The van der Waals surface area contributed by atoms with Crippen molar-refractivity contribution in [3.63, 3.8) is 0 Å². The largest absolute Gasteiger partial charge is 0.493 e. The molecule has 0 aliphatic carbocycles. The van der Waals surface area contributed by atoms with Gasteiger partial charge in [0.2, 0.25) is 5.75 Å². The molecule has 0 saturated heterocycles. The molecule has 0 aliphatic rings. The van der Waals surface area contributed by atoms with Gasteiger partial charge in [0, 0.05) is 5.56 Å². The van der Waals surface area contributed by atoms with Crippen molar-refractivity contribution in [1.82, 2.24) is 0 Å². The average molecular weight is 240 g/mol. The predicted molar refractivity (Wildman–Crippen MR) is 62.1 cm³/mol. The normalized spacial score (nSPS) is 11.8. The molecular formula is C12H16O5. The highest BCUT2D eigenvalue weighted by Gasteiger charge is 2.19. The second-order valence-corrected chi connectivity index (χ2v) is 3.45. The number of Topliss-reactive ketones (excluding diaryl/α,β-unsaturated/α-hetero) is 1. The Kier molecular flexibility index (Phi) is 4.34. The number of ether oxygens (including phenoxy) is 3. The molecule has 0 bridgehead atoms. The van der Waals surface area contributed by atoms with E-state index in [1.807, 2.05) is 0 Å². The van der Waals surface area contributed by atoms with Crippen molar-refractivity contribution in [2.24, 2.45) is 0 Å². The number of rotatable bonds is 5. The van der Waals surface area contributed by atoms with Gasteiger partial charge in [-0.3, -0.25) is 4.79 Å². The summed E-state index contributed by atoms with van der Waals surface area (Å²) in [5.41, 5.74) is 0.314. The van der Waals surface area contributed by atoms with E-state index < -0.39 is 11.9 Å². The van der Waals surface area contributed by atoms with Crippen LogP contribution in [-0.2, 0) is 0 Å². The minimum Gasteiger partial charge on any atom is -0.493 e. The Hall–Kier alpha value is -1.75. The predicted octanol–water partition coefficient (Wildman–Crippen LogP) is 1.28. The molecule has 0 fully saturated rings. The summed E-state index contributed by atoms with van der Waals surface area (Å²) >= 11 is 0. The lowest BCUT2D eigenvalue weighted by Crippen LogP contribution is -2.16. The van der Waals surface area contributed by atoms with Gasteiger partial charge >= 0.3 is 0 Å². The topological polar surface area (TPSA) is 65.0 Å². The van der Waals surface area contributed by atoms with Gasteiger partial charge in [0.15, 0.2) is 17.3 Å². The van der Waals surface area contributed by atoms with Crippen LogP contribution in [0.1, 0.15) is 17.3 Å². The average Bonchev–Trinajstić information content (AvgIpc) is 2.35. The molecular weight excluding hydrogens is 224 g/mol. The number of aliphatic hydroxyl groups is 1. The van der Waals surface area contributed by atoms with Gasteiger partial charge in [0.25, 0.3) is 0 Å². The van der Waals surface area contributed by atoms with E-state index >= 15 is 0 Å². The summed E-state index contributed by atoms with van der Waals surface area (Å²) in [6.07, 6.45) is -1.07. The third kappa shape index (κ3) is 2.68. The molecule has 0 radical (unpaired) electrons. The summed E-state index contributed by atoms with van der Waals surface area (Å²) in [5, 5.41) is 9.27. The van der Waals surface area contributed by atoms with Crippen LogP contribution in [0, 0.1) is 0 Å². The molecule has 0 heterocycles. The van der Waals surface area contributed by atoms with Crippen LogP contribution >= 0.6 is 0 Å². The van der Waals surface area contributed by atoms with Crippen LogP contribution in [-0.4, -0.2) is 38.3 Å². The van der Waals surface area contributed by atoms with Crippen molar-refractivity contribution in [3.8, 4) is 17.2 Å². The molecule has 1 rings (SSSR count). The zero-order valence-corrected chi connectivity index (χ0v) is 10.3. The van der Waals surface area contributed by atoms with Gasteiger partial charge in [-0.25, -0.2) is 0 Å². The number of aliphatic hydroxyl groups excluding tert-OH is 1. The summed E-state index contributed by atoms with van der Waals surface area (Å²) in [6, 6.07) is 3.02. The van der Waals surface area contributed by atoms with Crippen LogP contribution in [0.3, 0.4) is 0 Å². The van der Waals surface area contributed by atoms with Crippen molar-refractivity contribution in [1.29, 1.82) is 0 Å². The van der Waals surface area contributed by atoms with Gasteiger partial charge < -0.3 is 19.3 Å². The molecule has 0 unspecified atom stereocenters. The van der Waals surface area contributed by atoms with Gasteiger partial charge in [-0.15, -0.1) is 0 Å². The molecule has 5 nitrogen and oxygen atoms in total. The smallest absolute Gasteiger partial charge is 0.203 e. The van der Waals surface area contributed by atoms with E-state index in [0.29, 0.717) is 22.8 Å². The van der Waals surface area contributed by atoms with E-state index in [4.69, 9.17) is 14.2 Å². The van der Waals surface area contributed by atoms with Crippen molar-refractivity contribution < 1.29 is 24.1 Å². The molecule has 0 amide bonds. The Morgan fingerprint density at radius 2 is 1.59 bits per heavy atom. The first-order valence-electron chi connectivity index (χ1n) is 5.07. The number of carbonyl (C=O) groups is 1. The first-order valence-corrected chi connectivity index (χ1v) is 5.07. The van der Waals surface area contributed by atoms with Crippen molar-refractivity contribution >= 4 is 5.78 Å². The second kappa shape index (κ2) is 5.54. The standard InChI is InChI=1S/C12H16O5/c1-7(13)11(14)8-5-9(15-2)12(17-4)10(6-8)16-3/h5-7,13H,1-4H3/t7-/m1/s1. The summed E-state index contributed by atoms with van der Waals surface area (Å²) < 4.78 is 15.4. The lowest BCUT2D eigenvalue weighted by molar-refractivity contribution is 0.0778. The van der Waals surface area contributed by atoms with Crippen molar-refractivity contribution in [2.75, 3.05) is 21.3 Å². The summed E-state index contributed by atoms with van der Waals surface area (Å²) in [5.74, 6) is 0.785. The Morgan fingerprint density at radius 3 is 1.88 bits per heavy atom. The fraction of sp³-hybridized carbons (Fsp3) is 0.417. The summed E-state index contributed by atoms with van der Waals surface area (Å²) in [7, 11) is 4.42. The molecule has 5 heteroatoms. The van der Waals surface area contributed by atoms with E-state index in [1.165, 1.54) is 40.4 Å². The van der Waals surface area contributed by atoms with E-state index in [2.05, 4.69) is 0 Å². The molecule has 1 aromatic rings. The minimum atomic E-state index is -1.07. The lowest BCUT2D eigenvalue weighted by atomic mass is 10.1. The molecule has 1 N–H and O–H groups in total. The lowest BCUT2D eigenvalue weighted by Gasteiger charge is -2.14. The van der Waals surface area contributed by atoms with Crippen molar-refractivity contribution in [2.45, 2.75) is 13.0 Å². The fourth-order valence-electron chi connectivity index (χ4n) is 1.46. The highest BCUT2D eigenvalue weighted by molar-refractivity contribution is 6.00. The van der Waals surface area contributed by atoms with E-state index in [-0.39, 0.29) is 0 Å². The maximum Gasteiger partial charge on any atom is 0.203 e. The quantitative estimate of drug-likeness (QED) is 0.785. The third-order valence-corrected chi connectivity index (χ3v) is 2.33. The van der Waals surface area contributed by atoms with Crippen LogP contribution in [0.15, 0.2) is 12.1 Å². The monoisotopic (exact) mass is 240 g/mol. The molecule has 0 aromatic heterocycles. The number of ketones is 1. The van der Waals surface area contributed by atoms with Crippen LogP contribution < -0.4 is 14.2 Å². The zero-order valence-electron chi connectivity index (χ0n) is 10.3. The maximum atomic E-state index is 11.7. The SMILES string of the molecule is COc1cc(C(=O)[C@@H](C)O)cc(OC)c1OC. The molecule has 0 saturated carbocycles. The highest BCUT2D eigenvalue weighted by atomic mass is 16.5. The van der Waals surface area contributed by atoms with Gasteiger partial charge in [-0.1, -0.05) is 0 Å². The van der Waals surface area contributed by atoms with Crippen LogP contribution in [0.5, 0.6) is 17.2 Å². The number of hydrogen-bond acceptors (Lipinski definition) is 5. The van der Waals surface area contributed by atoms with E-state index in [0.717, 1.165) is 0 Å². The Labute approximate surface area is 99.9 Å². The van der Waals surface area contributed by atoms with Gasteiger partial charge in [-0.2, -0.15) is 0 Å². The van der Waals surface area contributed by atoms with Gasteiger partial charge in [-0.05, 0) is 19.1 Å². The Morgan fingerprint density at radius 1 is 1.12 bits per heavy atom. The minimum absolute atomic E-state index is 0.314. The summed E-state index contributed by atoms with van der Waals surface area (Å²) in [4.78, 5) is 11.7. The van der Waals surface area contributed by atoms with E-state index in [1.54, 1.807) is 0 Å². The molecule has 94 valence electrons.